The number of aromatic nitrogens is 2. The molecule has 4 aromatic rings. The van der Waals surface area contributed by atoms with Crippen molar-refractivity contribution >= 4 is 38.5 Å². The molecule has 0 aliphatic carbocycles. The van der Waals surface area contributed by atoms with Crippen LogP contribution in [-0.2, 0) is 10.0 Å². The number of imidazole rings is 1. The summed E-state index contributed by atoms with van der Waals surface area (Å²) >= 11 is 0. The monoisotopic (exact) mass is 558 g/mol. The van der Waals surface area contributed by atoms with Crippen LogP contribution in [0.1, 0.15) is 46.3 Å². The smallest absolute Gasteiger partial charge is 0.286 e. The molecule has 0 bridgehead atoms. The number of hydrogen-bond donors (Lipinski definition) is 3. The summed E-state index contributed by atoms with van der Waals surface area (Å²) < 4.78 is 71.7. The number of amidine groups is 1. The van der Waals surface area contributed by atoms with Crippen molar-refractivity contribution in [1.29, 1.82) is 0 Å². The number of nitrogens with one attached hydrogen (secondary N) is 1. The van der Waals surface area contributed by atoms with E-state index in [9.17, 15) is 31.9 Å². The lowest BCUT2D eigenvalue weighted by molar-refractivity contribution is 0.0853. The third-order valence-corrected chi connectivity index (χ3v) is 7.06. The zero-order valence-corrected chi connectivity index (χ0v) is 21.3. The van der Waals surface area contributed by atoms with E-state index in [0.717, 1.165) is 24.3 Å². The lowest BCUT2D eigenvalue weighted by Gasteiger charge is -2.16. The molecule has 0 amide bonds. The van der Waals surface area contributed by atoms with Crippen molar-refractivity contribution in [2.24, 2.45) is 10.1 Å². The van der Waals surface area contributed by atoms with E-state index in [1.54, 1.807) is 24.3 Å². The van der Waals surface area contributed by atoms with Crippen molar-refractivity contribution in [2.75, 3.05) is 0 Å². The highest BCUT2D eigenvalue weighted by Gasteiger charge is 2.35. The molecule has 39 heavy (non-hydrogen) atoms. The predicted octanol–water partition coefficient (Wildman–Crippen LogP) is 3.65. The Labute approximate surface area is 220 Å². The molecule has 9 nitrogen and oxygen atoms in total. The van der Waals surface area contributed by atoms with Gasteiger partial charge in [0.05, 0.1) is 16.6 Å². The molecule has 0 radical (unpaired) electrons. The van der Waals surface area contributed by atoms with Crippen LogP contribution in [0.3, 0.4) is 0 Å². The number of aromatic amines is 1. The first-order chi connectivity index (χ1) is 18.2. The summed E-state index contributed by atoms with van der Waals surface area (Å²) in [6.45, 7) is 2.35. The number of benzene rings is 3. The van der Waals surface area contributed by atoms with Gasteiger partial charge in [-0.2, -0.15) is 8.42 Å². The third-order valence-electron chi connectivity index (χ3n) is 5.74. The highest BCUT2D eigenvalue weighted by Crippen LogP contribution is 2.29. The zero-order valence-electron chi connectivity index (χ0n) is 20.4. The van der Waals surface area contributed by atoms with Gasteiger partial charge in [0.25, 0.3) is 10.0 Å². The van der Waals surface area contributed by atoms with E-state index in [4.69, 9.17) is 5.73 Å². The Hall–Kier alpha value is -4.36. The van der Waals surface area contributed by atoms with Crippen LogP contribution in [0.25, 0.3) is 11.0 Å². The molecular formula is C26H21F3N4O5S. The normalized spacial score (nSPS) is 13.4. The van der Waals surface area contributed by atoms with Crippen LogP contribution in [0, 0.1) is 17.5 Å². The maximum atomic E-state index is 15.0. The van der Waals surface area contributed by atoms with Gasteiger partial charge >= 0.3 is 0 Å². The van der Waals surface area contributed by atoms with Gasteiger partial charge in [-0.05, 0) is 62.4 Å². The van der Waals surface area contributed by atoms with Crippen molar-refractivity contribution in [3.8, 4) is 0 Å². The number of nitrogens with two attached hydrogens (primary N) is 1. The van der Waals surface area contributed by atoms with E-state index in [1.807, 2.05) is 0 Å². The molecule has 1 aromatic heterocycles. The zero-order chi connectivity index (χ0) is 28.7. The molecule has 0 aliphatic rings. The van der Waals surface area contributed by atoms with Gasteiger partial charge in [-0.1, -0.05) is 12.1 Å². The quantitative estimate of drug-likeness (QED) is 0.129. The van der Waals surface area contributed by atoms with E-state index in [1.165, 1.54) is 13.8 Å². The van der Waals surface area contributed by atoms with E-state index in [0.29, 0.717) is 23.2 Å². The van der Waals surface area contributed by atoms with E-state index < -0.39 is 72.4 Å². The Balaban J connectivity index is 1.81. The Morgan fingerprint density at radius 1 is 1.00 bits per heavy atom. The number of sulfonamides is 1. The number of H-pyrrole nitrogens is 1. The van der Waals surface area contributed by atoms with Gasteiger partial charge in [0.2, 0.25) is 0 Å². The second kappa shape index (κ2) is 10.1. The number of hydrogen-bond acceptors (Lipinski definition) is 6. The molecule has 3 aromatic carbocycles. The van der Waals surface area contributed by atoms with Crippen LogP contribution in [0.2, 0.25) is 0 Å². The van der Waals surface area contributed by atoms with Crippen LogP contribution in [0.5, 0.6) is 0 Å². The van der Waals surface area contributed by atoms with E-state index in [2.05, 4.69) is 14.4 Å². The molecule has 4 N–H and O–H groups in total. The number of para-hydroxylation sites is 2. The molecule has 0 aliphatic heterocycles. The van der Waals surface area contributed by atoms with E-state index >= 15 is 4.39 Å². The minimum Gasteiger partial charge on any atom is -0.384 e. The first kappa shape index (κ1) is 27.7. The maximum Gasteiger partial charge on any atom is 0.286 e. The standard InChI is InChI=1S/C26H21F3N4O5S/c1-26(2,36)25(30)33-39(37,38)20-10-7-13(11-17(20)29)22(34)21(23(35)15-12-14(27)8-9-16(15)28)24-31-18-5-3-4-6-19(18)32-24/h3-12,21,36H,1-2H3,(H2,30,33)(H,31,32). The predicted molar refractivity (Wildman–Crippen MR) is 135 cm³/mol. The molecule has 1 unspecified atom stereocenters. The van der Waals surface area contributed by atoms with Crippen molar-refractivity contribution in [3.05, 3.63) is 95.1 Å². The van der Waals surface area contributed by atoms with Gasteiger partial charge in [0.15, 0.2) is 11.6 Å². The number of fused-ring (bicyclic) bond motifs is 1. The molecule has 1 atom stereocenters. The summed E-state index contributed by atoms with van der Waals surface area (Å²) in [7, 11) is -4.74. The highest BCUT2D eigenvalue weighted by atomic mass is 32.2. The van der Waals surface area contributed by atoms with Crippen LogP contribution in [0.4, 0.5) is 13.2 Å². The minimum absolute atomic E-state index is 0.213. The number of Topliss-reactive ketones (excluding diaryl/α,β-unsaturated/α-hetero) is 2. The fraction of sp³-hybridized carbons (Fsp3) is 0.154. The Morgan fingerprint density at radius 2 is 1.69 bits per heavy atom. The highest BCUT2D eigenvalue weighted by molar-refractivity contribution is 7.90. The number of ketones is 2. The number of rotatable bonds is 8. The molecule has 202 valence electrons. The van der Waals surface area contributed by atoms with E-state index in [-0.39, 0.29) is 5.82 Å². The number of nitrogens with zero attached hydrogens (tertiary/aromatic N) is 2. The molecule has 0 saturated carbocycles. The summed E-state index contributed by atoms with van der Waals surface area (Å²) in [6.07, 6.45) is 0. The molecule has 4 rings (SSSR count). The Morgan fingerprint density at radius 3 is 2.33 bits per heavy atom. The SMILES string of the molecule is CC(C)(O)C(N)=NS(=O)(=O)c1ccc(C(=O)C(C(=O)c2cc(F)ccc2F)c2nc3ccccc3[nH]2)cc1F. The fourth-order valence-electron chi connectivity index (χ4n) is 3.64. The summed E-state index contributed by atoms with van der Waals surface area (Å²) in [5, 5.41) is 9.84. The summed E-state index contributed by atoms with van der Waals surface area (Å²) in [4.78, 5) is 33.1. The summed E-state index contributed by atoms with van der Waals surface area (Å²) in [6, 6.07) is 10.9. The number of carbonyl (C=O) groups excluding carboxylic acids is 2. The average Bonchev–Trinajstić information content (AvgIpc) is 3.28. The van der Waals surface area contributed by atoms with Crippen LogP contribution < -0.4 is 5.73 Å². The van der Waals surface area contributed by atoms with Gasteiger partial charge in [-0.25, -0.2) is 18.2 Å². The van der Waals surface area contributed by atoms with Gasteiger partial charge < -0.3 is 15.8 Å². The number of aliphatic hydroxyl groups is 1. The van der Waals surface area contributed by atoms with Crippen LogP contribution in [0.15, 0.2) is 70.0 Å². The third kappa shape index (κ3) is 5.59. The van der Waals surface area contributed by atoms with Crippen LogP contribution in [-0.4, -0.2) is 46.5 Å². The molecule has 1 heterocycles. The topological polar surface area (TPSA) is 156 Å². The van der Waals surface area contributed by atoms with Gasteiger partial charge in [0, 0.05) is 5.56 Å². The van der Waals surface area contributed by atoms with Crippen LogP contribution >= 0.6 is 0 Å². The second-order valence-electron chi connectivity index (χ2n) is 9.08. The fourth-order valence-corrected chi connectivity index (χ4v) is 4.76. The molecule has 13 heteroatoms. The minimum atomic E-state index is -4.74. The van der Waals surface area contributed by atoms with Crippen molar-refractivity contribution in [2.45, 2.75) is 30.3 Å². The number of carbonyl (C=O) groups is 2. The molecule has 0 fully saturated rings. The lowest BCUT2D eigenvalue weighted by atomic mass is 9.89. The van der Waals surface area contributed by atoms with Crippen molar-refractivity contribution in [1.82, 2.24) is 9.97 Å². The second-order valence-corrected chi connectivity index (χ2v) is 10.7. The molecule has 0 spiro atoms. The molecular weight excluding hydrogens is 537 g/mol. The largest absolute Gasteiger partial charge is 0.384 e. The summed E-state index contributed by atoms with van der Waals surface area (Å²) in [5.74, 6) is -8.42. The Bertz CT molecular complexity index is 1730. The van der Waals surface area contributed by atoms with Gasteiger partial charge in [0.1, 0.15) is 45.5 Å². The Kier molecular flexibility index (Phi) is 7.15. The van der Waals surface area contributed by atoms with Crippen molar-refractivity contribution < 1.29 is 36.3 Å². The van der Waals surface area contributed by atoms with Crippen molar-refractivity contribution in [3.63, 3.8) is 0 Å². The van der Waals surface area contributed by atoms with Gasteiger partial charge in [-0.15, -0.1) is 4.40 Å². The first-order valence-electron chi connectivity index (χ1n) is 11.3. The lowest BCUT2D eigenvalue weighted by Crippen LogP contribution is -2.38. The number of halogens is 3. The first-order valence-corrected chi connectivity index (χ1v) is 12.7. The molecule has 0 saturated heterocycles. The maximum absolute atomic E-state index is 15.0. The van der Waals surface area contributed by atoms with Gasteiger partial charge in [-0.3, -0.25) is 9.59 Å². The summed E-state index contributed by atoms with van der Waals surface area (Å²) in [5.41, 5.74) is 3.29. The average molecular weight is 559 g/mol.